The molecule has 1 aliphatic heterocycles. The smallest absolute Gasteiger partial charge is 0.331 e. The fraction of sp³-hybridized carbons (Fsp3) is 0.385. The van der Waals surface area contributed by atoms with E-state index in [2.05, 4.69) is 10.3 Å². The van der Waals surface area contributed by atoms with Crippen LogP contribution < -0.4 is 16.6 Å². The fourth-order valence-corrected chi connectivity index (χ4v) is 3.22. The van der Waals surface area contributed by atoms with Crippen LogP contribution in [0.3, 0.4) is 0 Å². The number of carbonyl (C=O) groups excluding carboxylic acids is 1. The maximum Gasteiger partial charge on any atom is 0.331 e. The van der Waals surface area contributed by atoms with Crippen LogP contribution in [0.5, 0.6) is 0 Å². The van der Waals surface area contributed by atoms with E-state index in [1.807, 2.05) is 10.8 Å². The lowest BCUT2D eigenvalue weighted by Crippen LogP contribution is -2.41. The Balaban J connectivity index is 1.77. The predicted molar refractivity (Wildman–Crippen MR) is 81.0 cm³/mol. The number of hydrogen-bond acceptors (Lipinski definition) is 5. The molecule has 0 saturated carbocycles. The average Bonchev–Trinajstić information content (AvgIpc) is 3.07. The monoisotopic (exact) mass is 321 g/mol. The second-order valence-corrected chi connectivity index (χ2v) is 6.07. The summed E-state index contributed by atoms with van der Waals surface area (Å²) in [7, 11) is 2.83. The Bertz CT molecular complexity index is 842. The minimum atomic E-state index is -0.532. The number of aromatic nitrogens is 4. The molecule has 116 valence electrons. The first-order valence-electron chi connectivity index (χ1n) is 6.71. The van der Waals surface area contributed by atoms with Crippen LogP contribution in [-0.2, 0) is 27.2 Å². The molecule has 8 nitrogen and oxygen atoms in total. The van der Waals surface area contributed by atoms with Gasteiger partial charge >= 0.3 is 5.69 Å². The summed E-state index contributed by atoms with van der Waals surface area (Å²) in [6, 6.07) is 1.15. The van der Waals surface area contributed by atoms with Crippen molar-refractivity contribution in [1.82, 2.24) is 24.0 Å². The van der Waals surface area contributed by atoms with Crippen molar-refractivity contribution >= 4 is 17.7 Å². The normalized spacial score (nSPS) is 13.2. The van der Waals surface area contributed by atoms with Crippen LogP contribution in [0.2, 0.25) is 0 Å². The van der Waals surface area contributed by atoms with Crippen molar-refractivity contribution in [2.24, 2.45) is 14.1 Å². The Labute approximate surface area is 129 Å². The van der Waals surface area contributed by atoms with E-state index in [1.165, 1.54) is 14.1 Å². The predicted octanol–water partition coefficient (Wildman–Crippen LogP) is -0.684. The van der Waals surface area contributed by atoms with E-state index in [0.717, 1.165) is 38.3 Å². The number of amides is 1. The van der Waals surface area contributed by atoms with Gasteiger partial charge in [-0.25, -0.2) is 9.78 Å². The number of aryl methyl sites for hydroxylation is 1. The highest BCUT2D eigenvalue weighted by atomic mass is 32.2. The van der Waals surface area contributed by atoms with Crippen molar-refractivity contribution in [2.45, 2.75) is 18.2 Å². The molecule has 3 heterocycles. The highest BCUT2D eigenvalue weighted by molar-refractivity contribution is 7.99. The summed E-state index contributed by atoms with van der Waals surface area (Å²) in [5.74, 6) is 0.544. The second kappa shape index (κ2) is 5.48. The molecule has 0 bridgehead atoms. The molecule has 1 aliphatic rings. The molecule has 0 spiro atoms. The van der Waals surface area contributed by atoms with Crippen molar-refractivity contribution < 1.29 is 4.79 Å². The third-order valence-electron chi connectivity index (χ3n) is 3.54. The number of hydrogen-bond donors (Lipinski definition) is 1. The Hall–Kier alpha value is -2.29. The van der Waals surface area contributed by atoms with Crippen molar-refractivity contribution in [3.63, 3.8) is 0 Å². The first-order chi connectivity index (χ1) is 10.5. The largest absolute Gasteiger partial charge is 0.345 e. The van der Waals surface area contributed by atoms with E-state index >= 15 is 0 Å². The van der Waals surface area contributed by atoms with Crippen LogP contribution >= 0.6 is 11.8 Å². The van der Waals surface area contributed by atoms with Crippen molar-refractivity contribution in [3.05, 3.63) is 44.5 Å². The molecule has 1 N–H and O–H groups in total. The van der Waals surface area contributed by atoms with Gasteiger partial charge in [-0.15, -0.1) is 0 Å². The maximum atomic E-state index is 12.2. The zero-order valence-electron chi connectivity index (χ0n) is 12.2. The zero-order chi connectivity index (χ0) is 15.9. The quantitative estimate of drug-likeness (QED) is 0.808. The van der Waals surface area contributed by atoms with Gasteiger partial charge in [-0.3, -0.25) is 18.7 Å². The van der Waals surface area contributed by atoms with E-state index in [4.69, 9.17) is 0 Å². The van der Waals surface area contributed by atoms with E-state index in [1.54, 1.807) is 11.8 Å². The van der Waals surface area contributed by atoms with E-state index in [9.17, 15) is 14.4 Å². The summed E-state index contributed by atoms with van der Waals surface area (Å²) in [5, 5.41) is 3.64. The lowest BCUT2D eigenvalue weighted by atomic mass is 10.3. The molecule has 0 aliphatic carbocycles. The number of thioether (sulfide) groups is 1. The molecule has 1 amide bonds. The van der Waals surface area contributed by atoms with Crippen LogP contribution in [0, 0.1) is 0 Å². The van der Waals surface area contributed by atoms with Crippen molar-refractivity contribution in [3.8, 4) is 0 Å². The standard InChI is InChI=1S/C13H15N5O3S/c1-16-9(5-10(19)17(2)13(16)21)11(20)14-6-8-7-18-3-4-22-12(18)15-8/h5,7H,3-4,6H2,1-2H3,(H,14,20). The van der Waals surface area contributed by atoms with E-state index in [0.29, 0.717) is 0 Å². The number of nitrogens with zero attached hydrogens (tertiary/aromatic N) is 4. The molecular weight excluding hydrogens is 306 g/mol. The molecule has 22 heavy (non-hydrogen) atoms. The van der Waals surface area contributed by atoms with Gasteiger partial charge in [0.05, 0.1) is 12.2 Å². The number of rotatable bonds is 3. The van der Waals surface area contributed by atoms with Crippen LogP contribution in [0.15, 0.2) is 27.0 Å². The van der Waals surface area contributed by atoms with Gasteiger partial charge < -0.3 is 9.88 Å². The third-order valence-corrected chi connectivity index (χ3v) is 4.51. The molecule has 0 atom stereocenters. The molecule has 9 heteroatoms. The van der Waals surface area contributed by atoms with Crippen LogP contribution in [0.4, 0.5) is 0 Å². The molecule has 2 aromatic heterocycles. The number of carbonyl (C=O) groups is 1. The highest BCUT2D eigenvalue weighted by Crippen LogP contribution is 2.24. The molecule has 0 radical (unpaired) electrons. The summed E-state index contributed by atoms with van der Waals surface area (Å²) in [6.07, 6.45) is 1.90. The Morgan fingerprint density at radius 3 is 2.86 bits per heavy atom. The van der Waals surface area contributed by atoms with Gasteiger partial charge in [-0.2, -0.15) is 0 Å². The second-order valence-electron chi connectivity index (χ2n) is 5.01. The van der Waals surface area contributed by atoms with Gasteiger partial charge in [-0.1, -0.05) is 11.8 Å². The molecule has 0 saturated heterocycles. The summed E-state index contributed by atoms with van der Waals surface area (Å²) in [4.78, 5) is 40.0. The molecule has 0 fully saturated rings. The lowest BCUT2D eigenvalue weighted by Gasteiger charge is -2.09. The van der Waals surface area contributed by atoms with Crippen LogP contribution in [0.1, 0.15) is 16.2 Å². The number of fused-ring (bicyclic) bond motifs is 1. The average molecular weight is 321 g/mol. The Morgan fingerprint density at radius 2 is 2.14 bits per heavy atom. The van der Waals surface area contributed by atoms with Crippen molar-refractivity contribution in [1.29, 1.82) is 0 Å². The maximum absolute atomic E-state index is 12.2. The highest BCUT2D eigenvalue weighted by Gasteiger charge is 2.16. The van der Waals surface area contributed by atoms with E-state index in [-0.39, 0.29) is 12.2 Å². The van der Waals surface area contributed by atoms with Gasteiger partial charge in [0.1, 0.15) is 5.69 Å². The van der Waals surface area contributed by atoms with Gasteiger partial charge in [0.25, 0.3) is 11.5 Å². The lowest BCUT2D eigenvalue weighted by molar-refractivity contribution is 0.0940. The SMILES string of the molecule is Cn1c(C(=O)NCc2cn3c(n2)SCC3)cc(=O)n(C)c1=O. The number of nitrogens with one attached hydrogen (secondary N) is 1. The first kappa shape index (κ1) is 14.6. The van der Waals surface area contributed by atoms with Gasteiger partial charge in [0, 0.05) is 38.7 Å². The van der Waals surface area contributed by atoms with Gasteiger partial charge in [0.15, 0.2) is 5.16 Å². The molecule has 0 unspecified atom stereocenters. The summed E-state index contributed by atoms with van der Waals surface area (Å²) in [6.45, 7) is 1.17. The Morgan fingerprint density at radius 1 is 1.36 bits per heavy atom. The number of imidazole rings is 1. The first-order valence-corrected chi connectivity index (χ1v) is 7.70. The summed E-state index contributed by atoms with van der Waals surface area (Å²) >= 11 is 1.68. The Kier molecular flexibility index (Phi) is 3.65. The summed E-state index contributed by atoms with van der Waals surface area (Å²) < 4.78 is 4.15. The fourth-order valence-electron chi connectivity index (χ4n) is 2.26. The van der Waals surface area contributed by atoms with Gasteiger partial charge in [-0.05, 0) is 0 Å². The van der Waals surface area contributed by atoms with Crippen LogP contribution in [-0.4, -0.2) is 30.3 Å². The minimum absolute atomic E-state index is 0.0363. The minimum Gasteiger partial charge on any atom is -0.345 e. The molecule has 2 aromatic rings. The third kappa shape index (κ3) is 2.47. The zero-order valence-corrected chi connectivity index (χ0v) is 13.0. The van der Waals surface area contributed by atoms with Gasteiger partial charge in [0.2, 0.25) is 0 Å². The molecular formula is C13H15N5O3S. The van der Waals surface area contributed by atoms with E-state index < -0.39 is 17.2 Å². The van der Waals surface area contributed by atoms with Crippen LogP contribution in [0.25, 0.3) is 0 Å². The summed E-state index contributed by atoms with van der Waals surface area (Å²) in [5.41, 5.74) is -0.251. The van der Waals surface area contributed by atoms with Crippen molar-refractivity contribution in [2.75, 3.05) is 5.75 Å². The molecule has 3 rings (SSSR count). The molecule has 0 aromatic carbocycles. The topological polar surface area (TPSA) is 90.9 Å².